The Balaban J connectivity index is 5.41. The van der Waals surface area contributed by atoms with Crippen LogP contribution in [-0.4, -0.2) is 93.1 Å². The van der Waals surface area contributed by atoms with Crippen molar-refractivity contribution >= 4 is 0 Å². The molecular formula is C14H15F15O4. The van der Waals surface area contributed by atoms with Gasteiger partial charge in [0.2, 0.25) is 0 Å². The highest BCUT2D eigenvalue weighted by molar-refractivity contribution is 5.13. The molecule has 0 saturated carbocycles. The Morgan fingerprint density at radius 2 is 0.758 bits per heavy atom. The SMILES string of the molecule is OCCOCCOCCOCC(F)(F)C(F)(F)C(F)(F)C(F)(F)C(F)(F)C(F)(F)C(F)(F)F. The van der Waals surface area contributed by atoms with Crippen molar-refractivity contribution in [2.45, 2.75) is 41.7 Å². The number of rotatable bonds is 15. The van der Waals surface area contributed by atoms with Gasteiger partial charge in [0.05, 0.1) is 39.6 Å². The van der Waals surface area contributed by atoms with Crippen LogP contribution in [0.3, 0.4) is 0 Å². The molecule has 0 aliphatic carbocycles. The van der Waals surface area contributed by atoms with Gasteiger partial charge in [0, 0.05) is 0 Å². The van der Waals surface area contributed by atoms with Crippen molar-refractivity contribution in [2.24, 2.45) is 0 Å². The van der Waals surface area contributed by atoms with E-state index >= 15 is 0 Å². The number of hydrogen-bond acceptors (Lipinski definition) is 4. The first-order valence-corrected chi connectivity index (χ1v) is 8.24. The second-order valence-corrected chi connectivity index (χ2v) is 6.08. The first-order valence-electron chi connectivity index (χ1n) is 8.24. The summed E-state index contributed by atoms with van der Waals surface area (Å²) in [6.45, 7) is -5.57. The Labute approximate surface area is 174 Å². The molecule has 33 heavy (non-hydrogen) atoms. The van der Waals surface area contributed by atoms with Crippen LogP contribution in [0.25, 0.3) is 0 Å². The second-order valence-electron chi connectivity index (χ2n) is 6.08. The summed E-state index contributed by atoms with van der Waals surface area (Å²) in [4.78, 5) is 0. The zero-order chi connectivity index (χ0) is 26.6. The Kier molecular flexibility index (Phi) is 10.2. The summed E-state index contributed by atoms with van der Waals surface area (Å²) in [6.07, 6.45) is -7.64. The normalized spacial score (nSPS) is 15.3. The summed E-state index contributed by atoms with van der Waals surface area (Å²) in [5, 5.41) is 8.36. The van der Waals surface area contributed by atoms with Crippen molar-refractivity contribution in [3.8, 4) is 0 Å². The van der Waals surface area contributed by atoms with E-state index in [9.17, 15) is 65.9 Å². The zero-order valence-electron chi connectivity index (χ0n) is 15.8. The lowest BCUT2D eigenvalue weighted by Gasteiger charge is -2.41. The molecule has 0 aliphatic heterocycles. The summed E-state index contributed by atoms with van der Waals surface area (Å²) in [7, 11) is 0. The van der Waals surface area contributed by atoms with E-state index in [-0.39, 0.29) is 26.4 Å². The van der Waals surface area contributed by atoms with Crippen molar-refractivity contribution < 1.29 is 85.2 Å². The van der Waals surface area contributed by atoms with Gasteiger partial charge in [-0.25, -0.2) is 0 Å². The molecule has 0 bridgehead atoms. The standard InChI is InChI=1S/C14H15F15O4/c15-8(16,7-33-6-5-32-4-3-31-2-1-30)9(17,18)10(19,20)11(21,22)12(23,24)13(25,26)14(27,28)29/h30H,1-7H2. The van der Waals surface area contributed by atoms with Gasteiger partial charge < -0.3 is 19.3 Å². The highest BCUT2D eigenvalue weighted by Gasteiger charge is 2.93. The van der Waals surface area contributed by atoms with E-state index in [1.807, 2.05) is 0 Å². The summed E-state index contributed by atoms with van der Waals surface area (Å²) in [6, 6.07) is 0. The van der Waals surface area contributed by atoms with Gasteiger partial charge in [0.1, 0.15) is 6.61 Å². The fourth-order valence-electron chi connectivity index (χ4n) is 1.79. The van der Waals surface area contributed by atoms with E-state index in [2.05, 4.69) is 14.2 Å². The Hall–Kier alpha value is -1.21. The number of hydrogen-bond donors (Lipinski definition) is 1. The molecule has 0 fully saturated rings. The highest BCUT2D eigenvalue weighted by atomic mass is 19.4. The minimum Gasteiger partial charge on any atom is -0.394 e. The fraction of sp³-hybridized carbons (Fsp3) is 1.00. The molecule has 200 valence electrons. The van der Waals surface area contributed by atoms with E-state index in [4.69, 9.17) is 5.11 Å². The van der Waals surface area contributed by atoms with Crippen LogP contribution in [0.4, 0.5) is 65.9 Å². The molecule has 1 N–H and O–H groups in total. The first kappa shape index (κ1) is 31.8. The zero-order valence-corrected chi connectivity index (χ0v) is 15.8. The maximum atomic E-state index is 13.5. The molecule has 0 unspecified atom stereocenters. The summed E-state index contributed by atoms with van der Waals surface area (Å²) >= 11 is 0. The molecular weight excluding hydrogens is 517 g/mol. The van der Waals surface area contributed by atoms with Crippen molar-refractivity contribution in [2.75, 3.05) is 46.2 Å². The van der Waals surface area contributed by atoms with Gasteiger partial charge in [-0.2, -0.15) is 65.9 Å². The molecule has 4 nitrogen and oxygen atoms in total. The Bertz CT molecular complexity index is 606. The maximum Gasteiger partial charge on any atom is 0.460 e. The molecule has 0 amide bonds. The van der Waals surface area contributed by atoms with Crippen LogP contribution in [-0.2, 0) is 14.2 Å². The molecule has 0 radical (unpaired) electrons. The third kappa shape index (κ3) is 6.08. The number of alkyl halides is 15. The minimum atomic E-state index is -8.32. The van der Waals surface area contributed by atoms with Crippen LogP contribution in [0, 0.1) is 0 Å². The predicted molar refractivity (Wildman–Crippen MR) is 75.3 cm³/mol. The van der Waals surface area contributed by atoms with Gasteiger partial charge in [0.15, 0.2) is 0 Å². The molecule has 0 spiro atoms. The average Bonchev–Trinajstić information content (AvgIpc) is 2.64. The minimum absolute atomic E-state index is 0.117. The largest absolute Gasteiger partial charge is 0.460 e. The summed E-state index contributed by atoms with van der Waals surface area (Å²) < 4.78 is 207. The predicted octanol–water partition coefficient (Wildman–Crippen LogP) is 4.40. The van der Waals surface area contributed by atoms with Gasteiger partial charge in [0.25, 0.3) is 0 Å². The number of aliphatic hydroxyl groups is 1. The van der Waals surface area contributed by atoms with E-state index in [0.717, 1.165) is 0 Å². The molecule has 0 aromatic rings. The van der Waals surface area contributed by atoms with Gasteiger partial charge in [-0.15, -0.1) is 0 Å². The quantitative estimate of drug-likeness (QED) is 0.251. The van der Waals surface area contributed by atoms with Gasteiger partial charge >= 0.3 is 41.7 Å². The van der Waals surface area contributed by atoms with Crippen LogP contribution >= 0.6 is 0 Å². The third-order valence-electron chi connectivity index (χ3n) is 3.66. The summed E-state index contributed by atoms with van der Waals surface area (Å²) in [5.41, 5.74) is 0. The maximum absolute atomic E-state index is 13.5. The molecule has 0 saturated heterocycles. The van der Waals surface area contributed by atoms with Crippen molar-refractivity contribution in [1.82, 2.24) is 0 Å². The third-order valence-corrected chi connectivity index (χ3v) is 3.66. The lowest BCUT2D eigenvalue weighted by atomic mass is 9.91. The van der Waals surface area contributed by atoms with E-state index < -0.39 is 61.5 Å². The second kappa shape index (κ2) is 10.6. The van der Waals surface area contributed by atoms with Crippen LogP contribution in [0.5, 0.6) is 0 Å². The van der Waals surface area contributed by atoms with Crippen molar-refractivity contribution in [3.05, 3.63) is 0 Å². The number of aliphatic hydroxyl groups excluding tert-OH is 1. The number of ether oxygens (including phenoxy) is 3. The fourth-order valence-corrected chi connectivity index (χ4v) is 1.79. The molecule has 0 rings (SSSR count). The molecule has 0 aromatic heterocycles. The lowest BCUT2D eigenvalue weighted by molar-refractivity contribution is -0.453. The Morgan fingerprint density at radius 3 is 1.15 bits per heavy atom. The average molecular weight is 532 g/mol. The van der Waals surface area contributed by atoms with Crippen molar-refractivity contribution in [3.63, 3.8) is 0 Å². The van der Waals surface area contributed by atoms with Crippen LogP contribution < -0.4 is 0 Å². The van der Waals surface area contributed by atoms with E-state index in [1.54, 1.807) is 0 Å². The number of halogens is 15. The molecule has 19 heteroatoms. The van der Waals surface area contributed by atoms with Crippen LogP contribution in [0.2, 0.25) is 0 Å². The van der Waals surface area contributed by atoms with Gasteiger partial charge in [-0.3, -0.25) is 0 Å². The smallest absolute Gasteiger partial charge is 0.394 e. The molecule has 0 aromatic carbocycles. The van der Waals surface area contributed by atoms with Crippen LogP contribution in [0.1, 0.15) is 0 Å². The molecule has 0 heterocycles. The van der Waals surface area contributed by atoms with E-state index in [0.29, 0.717) is 0 Å². The van der Waals surface area contributed by atoms with Gasteiger partial charge in [-0.1, -0.05) is 0 Å². The van der Waals surface area contributed by atoms with E-state index in [1.165, 1.54) is 0 Å². The Morgan fingerprint density at radius 1 is 0.424 bits per heavy atom. The van der Waals surface area contributed by atoms with Crippen molar-refractivity contribution in [1.29, 1.82) is 0 Å². The van der Waals surface area contributed by atoms with Gasteiger partial charge in [-0.05, 0) is 0 Å². The molecule has 0 atom stereocenters. The van der Waals surface area contributed by atoms with Crippen LogP contribution in [0.15, 0.2) is 0 Å². The monoisotopic (exact) mass is 532 g/mol. The lowest BCUT2D eigenvalue weighted by Crippen LogP contribution is -2.73. The topological polar surface area (TPSA) is 47.9 Å². The highest BCUT2D eigenvalue weighted by Crippen LogP contribution is 2.62. The first-order chi connectivity index (χ1) is 14.6. The molecule has 0 aliphatic rings. The summed E-state index contributed by atoms with van der Waals surface area (Å²) in [5.74, 6) is -46.8.